The number of hydrogen-bond donors (Lipinski definition) is 1. The van der Waals surface area contributed by atoms with Crippen LogP contribution in [0.25, 0.3) is 0 Å². The molecule has 9 heteroatoms. The second-order valence-electron chi connectivity index (χ2n) is 7.71. The van der Waals surface area contributed by atoms with Crippen LogP contribution < -0.4 is 10.1 Å². The normalized spacial score (nSPS) is 15.3. The summed E-state index contributed by atoms with van der Waals surface area (Å²) in [5.41, 5.74) is 1.16. The lowest BCUT2D eigenvalue weighted by Crippen LogP contribution is -2.53. The van der Waals surface area contributed by atoms with Crippen molar-refractivity contribution in [3.8, 4) is 5.75 Å². The van der Waals surface area contributed by atoms with Crippen molar-refractivity contribution in [1.29, 1.82) is 0 Å². The topological polar surface area (TPSA) is 73.6 Å². The lowest BCUT2D eigenvalue weighted by atomic mass is 10.1. The number of methoxy groups -OCH3 is 1. The molecule has 0 saturated carbocycles. The summed E-state index contributed by atoms with van der Waals surface area (Å²) >= 11 is 0. The SMILES string of the molecule is CCNC(=NCC(c1cccc(OC)c1)N(C)C)N1CCN(C(=O)c2ccco2)CC1.I. The molecule has 32 heavy (non-hydrogen) atoms. The number of guanidine groups is 1. The number of rotatable bonds is 7. The van der Waals surface area contributed by atoms with Gasteiger partial charge in [0.25, 0.3) is 5.91 Å². The lowest BCUT2D eigenvalue weighted by Gasteiger charge is -2.36. The first kappa shape index (κ1) is 26.0. The van der Waals surface area contributed by atoms with Gasteiger partial charge in [-0.1, -0.05) is 12.1 Å². The molecule has 8 nitrogen and oxygen atoms in total. The van der Waals surface area contributed by atoms with Gasteiger partial charge in [0, 0.05) is 32.7 Å². The molecule has 2 aromatic rings. The molecule has 1 aliphatic heterocycles. The Morgan fingerprint density at radius 1 is 1.19 bits per heavy atom. The predicted octanol–water partition coefficient (Wildman–Crippen LogP) is 2.93. The summed E-state index contributed by atoms with van der Waals surface area (Å²) in [4.78, 5) is 23.7. The van der Waals surface area contributed by atoms with E-state index in [1.54, 1.807) is 19.2 Å². The van der Waals surface area contributed by atoms with Gasteiger partial charge in [-0.2, -0.15) is 0 Å². The third-order valence-corrected chi connectivity index (χ3v) is 5.45. The van der Waals surface area contributed by atoms with E-state index in [1.807, 2.05) is 17.0 Å². The van der Waals surface area contributed by atoms with Crippen molar-refractivity contribution < 1.29 is 13.9 Å². The summed E-state index contributed by atoms with van der Waals surface area (Å²) in [5.74, 6) is 2.05. The second kappa shape index (κ2) is 12.7. The Labute approximate surface area is 207 Å². The zero-order valence-electron chi connectivity index (χ0n) is 19.3. The Balaban J connectivity index is 0.00000363. The standard InChI is InChI=1S/C23H33N5O3.HI/c1-5-24-23(25-17-20(26(2)3)18-8-6-9-19(16-18)30-4)28-13-11-27(12-14-28)22(29)21-10-7-15-31-21;/h6-10,15-16,20H,5,11-14,17H2,1-4H3,(H,24,25);1H. The van der Waals surface area contributed by atoms with E-state index in [2.05, 4.69) is 48.3 Å². The summed E-state index contributed by atoms with van der Waals surface area (Å²) in [6, 6.07) is 11.7. The fourth-order valence-electron chi connectivity index (χ4n) is 3.69. The maximum absolute atomic E-state index is 12.5. The van der Waals surface area contributed by atoms with Crippen molar-refractivity contribution in [2.45, 2.75) is 13.0 Å². The average molecular weight is 555 g/mol. The van der Waals surface area contributed by atoms with Crippen molar-refractivity contribution in [3.63, 3.8) is 0 Å². The van der Waals surface area contributed by atoms with Gasteiger partial charge < -0.3 is 29.2 Å². The van der Waals surface area contributed by atoms with E-state index >= 15 is 0 Å². The molecule has 2 heterocycles. The van der Waals surface area contributed by atoms with Gasteiger partial charge in [-0.25, -0.2) is 0 Å². The van der Waals surface area contributed by atoms with E-state index in [0.29, 0.717) is 25.4 Å². The number of carbonyl (C=O) groups is 1. The fourth-order valence-corrected chi connectivity index (χ4v) is 3.69. The fraction of sp³-hybridized carbons (Fsp3) is 0.478. The predicted molar refractivity (Wildman–Crippen MR) is 137 cm³/mol. The van der Waals surface area contributed by atoms with Crippen LogP contribution in [0.1, 0.15) is 29.1 Å². The largest absolute Gasteiger partial charge is 0.497 e. The van der Waals surface area contributed by atoms with Crippen LogP contribution >= 0.6 is 24.0 Å². The third kappa shape index (κ3) is 6.61. The third-order valence-electron chi connectivity index (χ3n) is 5.45. The smallest absolute Gasteiger partial charge is 0.289 e. The van der Waals surface area contributed by atoms with E-state index in [4.69, 9.17) is 14.1 Å². The monoisotopic (exact) mass is 555 g/mol. The van der Waals surface area contributed by atoms with Crippen LogP contribution in [0.2, 0.25) is 0 Å². The highest BCUT2D eigenvalue weighted by Crippen LogP contribution is 2.23. The van der Waals surface area contributed by atoms with Gasteiger partial charge in [-0.05, 0) is 50.8 Å². The van der Waals surface area contributed by atoms with Crippen LogP contribution in [0.3, 0.4) is 0 Å². The number of halogens is 1. The number of nitrogens with zero attached hydrogens (tertiary/aromatic N) is 4. The molecular weight excluding hydrogens is 521 g/mol. The van der Waals surface area contributed by atoms with Gasteiger partial charge in [0.05, 0.1) is 26.0 Å². The highest BCUT2D eigenvalue weighted by atomic mass is 127. The number of piperazine rings is 1. The van der Waals surface area contributed by atoms with Crippen LogP contribution in [-0.2, 0) is 0 Å². The highest BCUT2D eigenvalue weighted by molar-refractivity contribution is 14.0. The van der Waals surface area contributed by atoms with E-state index in [1.165, 1.54) is 6.26 Å². The van der Waals surface area contributed by atoms with Gasteiger partial charge in [-0.3, -0.25) is 9.79 Å². The lowest BCUT2D eigenvalue weighted by molar-refractivity contribution is 0.0657. The van der Waals surface area contributed by atoms with Gasteiger partial charge in [0.2, 0.25) is 0 Å². The molecule has 1 atom stereocenters. The number of aliphatic imine (C=N–C) groups is 1. The molecule has 1 unspecified atom stereocenters. The number of carbonyl (C=O) groups excluding carboxylic acids is 1. The Hall–Kier alpha value is -2.27. The Morgan fingerprint density at radius 3 is 2.50 bits per heavy atom. The van der Waals surface area contributed by atoms with Crippen LogP contribution in [0.4, 0.5) is 0 Å². The first-order chi connectivity index (χ1) is 15.0. The summed E-state index contributed by atoms with van der Waals surface area (Å²) in [6.07, 6.45) is 1.53. The Bertz CT molecular complexity index is 864. The van der Waals surface area contributed by atoms with Gasteiger partial charge >= 0.3 is 0 Å². The average Bonchev–Trinajstić information content (AvgIpc) is 3.33. The molecule has 1 aliphatic rings. The Kier molecular flexibility index (Phi) is 10.3. The molecule has 1 aromatic carbocycles. The molecule has 1 amide bonds. The van der Waals surface area contributed by atoms with Crippen molar-refractivity contribution in [2.24, 2.45) is 4.99 Å². The molecule has 176 valence electrons. The van der Waals surface area contributed by atoms with Gasteiger partial charge in [-0.15, -0.1) is 24.0 Å². The van der Waals surface area contributed by atoms with Crippen molar-refractivity contribution >= 4 is 35.8 Å². The molecule has 1 N–H and O–H groups in total. The van der Waals surface area contributed by atoms with Crippen LogP contribution in [0.15, 0.2) is 52.1 Å². The number of likely N-dealkylation sites (N-methyl/N-ethyl adjacent to an activating group) is 1. The highest BCUT2D eigenvalue weighted by Gasteiger charge is 2.25. The molecule has 3 rings (SSSR count). The number of benzene rings is 1. The van der Waals surface area contributed by atoms with E-state index in [9.17, 15) is 4.79 Å². The quantitative estimate of drug-likeness (QED) is 0.322. The van der Waals surface area contributed by atoms with E-state index in [0.717, 1.165) is 36.9 Å². The molecule has 0 spiro atoms. The summed E-state index contributed by atoms with van der Waals surface area (Å²) in [5, 5.41) is 3.40. The zero-order chi connectivity index (χ0) is 22.2. The van der Waals surface area contributed by atoms with Crippen molar-refractivity contribution in [1.82, 2.24) is 20.0 Å². The van der Waals surface area contributed by atoms with Crippen LogP contribution in [-0.4, -0.2) is 87.0 Å². The first-order valence-corrected chi connectivity index (χ1v) is 10.7. The van der Waals surface area contributed by atoms with E-state index < -0.39 is 0 Å². The summed E-state index contributed by atoms with van der Waals surface area (Å²) in [6.45, 7) is 6.20. The molecular formula is C23H34IN5O3. The maximum atomic E-state index is 12.5. The minimum atomic E-state index is -0.0581. The second-order valence-corrected chi connectivity index (χ2v) is 7.71. The number of amides is 1. The minimum absolute atomic E-state index is 0. The number of hydrogen-bond acceptors (Lipinski definition) is 5. The van der Waals surface area contributed by atoms with Crippen molar-refractivity contribution in [2.75, 3.05) is 60.5 Å². The van der Waals surface area contributed by atoms with Crippen molar-refractivity contribution in [3.05, 3.63) is 54.0 Å². The zero-order valence-corrected chi connectivity index (χ0v) is 21.6. The van der Waals surface area contributed by atoms with Gasteiger partial charge in [0.15, 0.2) is 11.7 Å². The number of ether oxygens (including phenoxy) is 1. The molecule has 1 aromatic heterocycles. The number of nitrogens with one attached hydrogen (secondary N) is 1. The Morgan fingerprint density at radius 2 is 1.91 bits per heavy atom. The molecule has 1 fully saturated rings. The molecule has 0 aliphatic carbocycles. The maximum Gasteiger partial charge on any atom is 0.289 e. The molecule has 0 bridgehead atoms. The molecule has 1 saturated heterocycles. The number of furan rings is 1. The van der Waals surface area contributed by atoms with Gasteiger partial charge in [0.1, 0.15) is 5.75 Å². The summed E-state index contributed by atoms with van der Waals surface area (Å²) < 4.78 is 10.6. The summed E-state index contributed by atoms with van der Waals surface area (Å²) in [7, 11) is 5.80. The first-order valence-electron chi connectivity index (χ1n) is 10.7. The van der Waals surface area contributed by atoms with Crippen LogP contribution in [0, 0.1) is 0 Å². The minimum Gasteiger partial charge on any atom is -0.497 e. The van der Waals surface area contributed by atoms with E-state index in [-0.39, 0.29) is 35.9 Å². The molecule has 0 radical (unpaired) electrons. The van der Waals surface area contributed by atoms with Crippen LogP contribution in [0.5, 0.6) is 5.75 Å².